The summed E-state index contributed by atoms with van der Waals surface area (Å²) in [4.78, 5) is 35.1. The predicted molar refractivity (Wildman–Crippen MR) is 180 cm³/mol. The SMILES string of the molecule is COc1ccc(S(=O)(=O)N2C(=O)C(OC(=O)N3CCN(C4CCN(C)CC4)CC3)(c3ccccc3OC)c3cc(Cl)ccc32)c(OC)c1. The fourth-order valence-electron chi connectivity index (χ4n) is 6.83. The van der Waals surface area contributed by atoms with Crippen LogP contribution in [0.25, 0.3) is 0 Å². The van der Waals surface area contributed by atoms with Gasteiger partial charge in [0.05, 0.1) is 32.6 Å². The Balaban J connectivity index is 1.42. The van der Waals surface area contributed by atoms with Crippen molar-refractivity contribution in [1.82, 2.24) is 14.7 Å². The summed E-state index contributed by atoms with van der Waals surface area (Å²) in [5.41, 5.74) is -2.05. The number of ether oxygens (including phenoxy) is 4. The van der Waals surface area contributed by atoms with Gasteiger partial charge in [-0.05, 0) is 69.4 Å². The summed E-state index contributed by atoms with van der Waals surface area (Å²) in [7, 11) is 1.65. The van der Waals surface area contributed by atoms with Gasteiger partial charge in [-0.2, -0.15) is 4.31 Å². The Labute approximate surface area is 285 Å². The third-order valence-corrected chi connectivity index (χ3v) is 11.4. The summed E-state index contributed by atoms with van der Waals surface area (Å²) in [6, 6.07) is 15.5. The predicted octanol–water partition coefficient (Wildman–Crippen LogP) is 4.19. The standard InChI is InChI=1S/C34H39ClN4O8S/c1-36-15-13-24(14-16-36)37-17-19-38(20-18-37)33(41)47-34(26-7-5-6-8-29(26)45-3)27-21-23(35)9-11-28(27)39(32(34)40)48(42,43)31-12-10-25(44-2)22-30(31)46-4/h5-12,21-22,24H,13-20H2,1-4H3. The monoisotopic (exact) mass is 698 g/mol. The average Bonchev–Trinajstić information content (AvgIpc) is 3.35. The zero-order chi connectivity index (χ0) is 34.2. The number of hydrogen-bond acceptors (Lipinski definition) is 10. The molecule has 3 aliphatic heterocycles. The van der Waals surface area contributed by atoms with Crippen LogP contribution in [0.2, 0.25) is 5.02 Å². The Morgan fingerprint density at radius 3 is 2.19 bits per heavy atom. The van der Waals surface area contributed by atoms with Crippen molar-refractivity contribution in [2.24, 2.45) is 0 Å². The molecule has 48 heavy (non-hydrogen) atoms. The number of halogens is 1. The zero-order valence-electron chi connectivity index (χ0n) is 27.3. The van der Waals surface area contributed by atoms with Crippen LogP contribution in [0.4, 0.5) is 10.5 Å². The number of rotatable bonds is 8. The van der Waals surface area contributed by atoms with Gasteiger partial charge in [0.25, 0.3) is 15.9 Å². The topological polar surface area (TPSA) is 118 Å². The van der Waals surface area contributed by atoms with Gasteiger partial charge in [0.2, 0.25) is 5.60 Å². The van der Waals surface area contributed by atoms with Gasteiger partial charge >= 0.3 is 6.09 Å². The summed E-state index contributed by atoms with van der Waals surface area (Å²) in [6.07, 6.45) is 1.37. The smallest absolute Gasteiger partial charge is 0.411 e. The minimum absolute atomic E-state index is 0.0203. The number of piperidine rings is 1. The number of piperazine rings is 1. The Bertz CT molecular complexity index is 1810. The van der Waals surface area contributed by atoms with E-state index < -0.39 is 27.6 Å². The Kier molecular flexibility index (Phi) is 9.49. The maximum absolute atomic E-state index is 15.0. The number of benzene rings is 3. The molecule has 0 bridgehead atoms. The summed E-state index contributed by atoms with van der Waals surface area (Å²) < 4.78 is 52.3. The largest absolute Gasteiger partial charge is 0.497 e. The normalized spacial score (nSPS) is 20.8. The highest BCUT2D eigenvalue weighted by Gasteiger charge is 2.61. The quantitative estimate of drug-likeness (QED) is 0.339. The number of carbonyl (C=O) groups is 2. The van der Waals surface area contributed by atoms with Crippen molar-refractivity contribution in [3.05, 3.63) is 76.8 Å². The first-order valence-electron chi connectivity index (χ1n) is 15.7. The van der Waals surface area contributed by atoms with Crippen molar-refractivity contribution in [3.63, 3.8) is 0 Å². The molecule has 2 saturated heterocycles. The number of hydrogen-bond donors (Lipinski definition) is 0. The number of nitrogens with zero attached hydrogens (tertiary/aromatic N) is 4. The van der Waals surface area contributed by atoms with Gasteiger partial charge in [0.1, 0.15) is 22.1 Å². The van der Waals surface area contributed by atoms with E-state index in [9.17, 15) is 18.0 Å². The number of carbonyl (C=O) groups excluding carboxylic acids is 2. The van der Waals surface area contributed by atoms with Crippen molar-refractivity contribution in [2.75, 3.05) is 72.0 Å². The van der Waals surface area contributed by atoms with E-state index in [0.29, 0.717) is 42.3 Å². The molecule has 3 aliphatic rings. The molecule has 6 rings (SSSR count). The molecular weight excluding hydrogens is 660 g/mol. The molecule has 3 aromatic rings. The van der Waals surface area contributed by atoms with Gasteiger partial charge in [0, 0.05) is 48.9 Å². The first kappa shape index (κ1) is 33.8. The van der Waals surface area contributed by atoms with Gasteiger partial charge < -0.3 is 28.7 Å². The van der Waals surface area contributed by atoms with Crippen molar-refractivity contribution in [3.8, 4) is 17.2 Å². The van der Waals surface area contributed by atoms with E-state index in [2.05, 4.69) is 16.8 Å². The van der Waals surface area contributed by atoms with E-state index in [1.54, 1.807) is 29.2 Å². The lowest BCUT2D eigenvalue weighted by Gasteiger charge is -2.42. The van der Waals surface area contributed by atoms with Crippen molar-refractivity contribution >= 4 is 39.3 Å². The van der Waals surface area contributed by atoms with Crippen LogP contribution in [0.1, 0.15) is 24.0 Å². The van der Waals surface area contributed by atoms with Crippen LogP contribution in [0.3, 0.4) is 0 Å². The lowest BCUT2D eigenvalue weighted by atomic mass is 9.86. The number of sulfonamides is 1. The van der Waals surface area contributed by atoms with E-state index in [1.807, 2.05) is 0 Å². The second-order valence-corrected chi connectivity index (χ2v) is 14.3. The zero-order valence-corrected chi connectivity index (χ0v) is 28.9. The molecule has 0 saturated carbocycles. The van der Waals surface area contributed by atoms with Gasteiger partial charge in [-0.25, -0.2) is 13.2 Å². The highest BCUT2D eigenvalue weighted by atomic mass is 35.5. The van der Waals surface area contributed by atoms with Crippen LogP contribution in [-0.4, -0.2) is 109 Å². The molecule has 0 radical (unpaired) electrons. The Hall–Kier alpha value is -4.04. The third kappa shape index (κ3) is 5.82. The minimum Gasteiger partial charge on any atom is -0.497 e. The molecule has 2 fully saturated rings. The van der Waals surface area contributed by atoms with Crippen molar-refractivity contribution in [1.29, 1.82) is 0 Å². The number of amides is 2. The first-order valence-corrected chi connectivity index (χ1v) is 17.5. The lowest BCUT2D eigenvalue weighted by molar-refractivity contribution is -0.132. The molecular formula is C34H39ClN4O8S. The van der Waals surface area contributed by atoms with Gasteiger partial charge in [-0.1, -0.05) is 29.8 Å². The van der Waals surface area contributed by atoms with E-state index in [-0.39, 0.29) is 38.2 Å². The van der Waals surface area contributed by atoms with Crippen molar-refractivity contribution in [2.45, 2.75) is 29.4 Å². The molecule has 0 spiro atoms. The fourth-order valence-corrected chi connectivity index (χ4v) is 8.60. The van der Waals surface area contributed by atoms with Crippen LogP contribution in [0.15, 0.2) is 65.6 Å². The number of para-hydroxylation sites is 1. The van der Waals surface area contributed by atoms with Crippen LogP contribution in [0.5, 0.6) is 17.2 Å². The molecule has 0 N–H and O–H groups in total. The Morgan fingerprint density at radius 2 is 1.52 bits per heavy atom. The number of anilines is 1. The highest BCUT2D eigenvalue weighted by Crippen LogP contribution is 2.52. The fraction of sp³-hybridized carbons (Fsp3) is 0.412. The molecule has 12 nitrogen and oxygen atoms in total. The highest BCUT2D eigenvalue weighted by molar-refractivity contribution is 7.93. The molecule has 1 atom stereocenters. The molecule has 14 heteroatoms. The van der Waals surface area contributed by atoms with Crippen LogP contribution >= 0.6 is 11.6 Å². The number of likely N-dealkylation sites (tertiary alicyclic amines) is 1. The third-order valence-electron chi connectivity index (χ3n) is 9.44. The number of fused-ring (bicyclic) bond motifs is 1. The van der Waals surface area contributed by atoms with Crippen molar-refractivity contribution < 1.29 is 37.0 Å². The van der Waals surface area contributed by atoms with Crippen LogP contribution < -0.4 is 18.5 Å². The maximum Gasteiger partial charge on any atom is 0.411 e. The molecule has 1 unspecified atom stereocenters. The van der Waals surface area contributed by atoms with Crippen LogP contribution in [0, 0.1) is 0 Å². The molecule has 3 heterocycles. The summed E-state index contributed by atoms with van der Waals surface area (Å²) in [5, 5.41) is 0.213. The maximum atomic E-state index is 15.0. The van der Waals surface area contributed by atoms with E-state index >= 15 is 0 Å². The summed E-state index contributed by atoms with van der Waals surface area (Å²) in [6.45, 7) is 4.13. The molecule has 2 amide bonds. The van der Waals surface area contributed by atoms with Gasteiger partial charge in [0.15, 0.2) is 0 Å². The molecule has 0 aromatic heterocycles. The van der Waals surface area contributed by atoms with Gasteiger partial charge in [-0.15, -0.1) is 0 Å². The molecule has 256 valence electrons. The second kappa shape index (κ2) is 13.5. The van der Waals surface area contributed by atoms with Crippen LogP contribution in [-0.2, 0) is 25.2 Å². The lowest BCUT2D eigenvalue weighted by Crippen LogP contribution is -2.55. The average molecular weight is 699 g/mol. The second-order valence-electron chi connectivity index (χ2n) is 12.1. The van der Waals surface area contributed by atoms with E-state index in [4.69, 9.17) is 30.5 Å². The van der Waals surface area contributed by atoms with E-state index in [0.717, 1.165) is 25.9 Å². The van der Waals surface area contributed by atoms with Gasteiger partial charge in [-0.3, -0.25) is 9.69 Å². The minimum atomic E-state index is -4.66. The molecule has 3 aromatic carbocycles. The summed E-state index contributed by atoms with van der Waals surface area (Å²) in [5.74, 6) is -0.482. The molecule has 0 aliphatic carbocycles. The van der Waals surface area contributed by atoms with E-state index in [1.165, 1.54) is 57.7 Å². The first-order chi connectivity index (χ1) is 23.0. The summed E-state index contributed by atoms with van der Waals surface area (Å²) >= 11 is 6.50. The Morgan fingerprint density at radius 1 is 0.833 bits per heavy atom. The number of methoxy groups -OCH3 is 3.